The number of pyridine rings is 1. The average molecular weight is 339 g/mol. The van der Waals surface area contributed by atoms with Gasteiger partial charge in [0.1, 0.15) is 0 Å². The van der Waals surface area contributed by atoms with Crippen molar-refractivity contribution in [2.75, 3.05) is 19.6 Å². The minimum atomic E-state index is -0.0462. The van der Waals surface area contributed by atoms with Crippen LogP contribution in [0.5, 0.6) is 0 Å². The Kier molecular flexibility index (Phi) is 4.78. The monoisotopic (exact) mass is 339 g/mol. The molecule has 2 aromatic heterocycles. The molecule has 1 aliphatic heterocycles. The molecule has 132 valence electrons. The van der Waals surface area contributed by atoms with Crippen LogP contribution in [0.15, 0.2) is 36.9 Å². The van der Waals surface area contributed by atoms with E-state index in [0.29, 0.717) is 12.1 Å². The van der Waals surface area contributed by atoms with E-state index in [2.05, 4.69) is 26.4 Å². The van der Waals surface area contributed by atoms with E-state index < -0.39 is 0 Å². The Balaban J connectivity index is 1.39. The van der Waals surface area contributed by atoms with Gasteiger partial charge in [0.2, 0.25) is 0 Å². The molecule has 1 N–H and O–H groups in total. The summed E-state index contributed by atoms with van der Waals surface area (Å²) >= 11 is 0. The van der Waals surface area contributed by atoms with E-state index in [0.717, 1.165) is 31.1 Å². The Morgan fingerprint density at radius 1 is 1.28 bits per heavy atom. The third kappa shape index (κ3) is 4.07. The molecule has 2 aliphatic rings. The van der Waals surface area contributed by atoms with E-state index in [1.165, 1.54) is 25.7 Å². The molecule has 0 spiro atoms. The highest BCUT2D eigenvalue weighted by molar-refractivity contribution is 5.93. The number of amides is 1. The Labute approximate surface area is 148 Å². The van der Waals surface area contributed by atoms with Gasteiger partial charge in [0, 0.05) is 31.7 Å². The van der Waals surface area contributed by atoms with Crippen LogP contribution in [-0.4, -0.2) is 45.2 Å². The van der Waals surface area contributed by atoms with E-state index in [9.17, 15) is 4.79 Å². The molecule has 1 atom stereocenters. The number of nitrogens with one attached hydrogen (secondary N) is 1. The summed E-state index contributed by atoms with van der Waals surface area (Å²) in [7, 11) is 0. The molecule has 0 aromatic carbocycles. The van der Waals surface area contributed by atoms with Crippen molar-refractivity contribution in [1.29, 1.82) is 0 Å². The summed E-state index contributed by atoms with van der Waals surface area (Å²) in [5, 5.41) is 7.41. The standard InChI is InChI=1S/C19H25N5O/c25-19(17-11-22-24(14-17)13-15-5-6-15)21-12-18(23-8-1-2-9-23)16-4-3-7-20-10-16/h3-4,7,10-11,14-15,18H,1-2,5-6,8-9,12-13H2,(H,21,25). The number of carbonyl (C=O) groups is 1. The maximum absolute atomic E-state index is 12.5. The molecule has 1 saturated carbocycles. The van der Waals surface area contributed by atoms with Crippen LogP contribution in [0.3, 0.4) is 0 Å². The third-order valence-electron chi connectivity index (χ3n) is 5.14. The van der Waals surface area contributed by atoms with E-state index in [1.807, 2.05) is 23.1 Å². The van der Waals surface area contributed by atoms with Crippen molar-refractivity contribution < 1.29 is 4.79 Å². The summed E-state index contributed by atoms with van der Waals surface area (Å²) in [6, 6.07) is 4.24. The third-order valence-corrected chi connectivity index (χ3v) is 5.14. The fourth-order valence-corrected chi connectivity index (χ4v) is 3.52. The average Bonchev–Trinajstić information content (AvgIpc) is 3.10. The van der Waals surface area contributed by atoms with Gasteiger partial charge in [0.25, 0.3) is 5.91 Å². The van der Waals surface area contributed by atoms with Crippen LogP contribution in [0.1, 0.15) is 47.6 Å². The van der Waals surface area contributed by atoms with Gasteiger partial charge in [-0.1, -0.05) is 6.07 Å². The minimum absolute atomic E-state index is 0.0462. The minimum Gasteiger partial charge on any atom is -0.350 e. The molecule has 4 rings (SSSR count). The number of hydrogen-bond donors (Lipinski definition) is 1. The zero-order valence-corrected chi connectivity index (χ0v) is 14.5. The van der Waals surface area contributed by atoms with Crippen LogP contribution >= 0.6 is 0 Å². The molecule has 2 fully saturated rings. The molecular weight excluding hydrogens is 314 g/mol. The Morgan fingerprint density at radius 3 is 2.84 bits per heavy atom. The van der Waals surface area contributed by atoms with Crippen LogP contribution < -0.4 is 5.32 Å². The molecule has 1 amide bonds. The van der Waals surface area contributed by atoms with Crippen molar-refractivity contribution in [3.8, 4) is 0 Å². The van der Waals surface area contributed by atoms with Crippen molar-refractivity contribution in [3.63, 3.8) is 0 Å². The van der Waals surface area contributed by atoms with Crippen LogP contribution in [-0.2, 0) is 6.54 Å². The molecule has 1 aliphatic carbocycles. The van der Waals surface area contributed by atoms with Crippen LogP contribution in [0.25, 0.3) is 0 Å². The smallest absolute Gasteiger partial charge is 0.254 e. The molecule has 1 unspecified atom stereocenters. The van der Waals surface area contributed by atoms with Crippen molar-refractivity contribution in [2.45, 2.75) is 38.3 Å². The lowest BCUT2D eigenvalue weighted by Gasteiger charge is -2.27. The van der Waals surface area contributed by atoms with Gasteiger partial charge in [0.05, 0.1) is 17.8 Å². The van der Waals surface area contributed by atoms with Crippen molar-refractivity contribution in [1.82, 2.24) is 25.0 Å². The second-order valence-electron chi connectivity index (χ2n) is 7.15. The lowest BCUT2D eigenvalue weighted by Crippen LogP contribution is -2.36. The maximum atomic E-state index is 12.5. The largest absolute Gasteiger partial charge is 0.350 e. The number of nitrogens with zero attached hydrogens (tertiary/aromatic N) is 4. The SMILES string of the molecule is O=C(NCC(c1cccnc1)N1CCCC1)c1cnn(CC2CC2)c1. The predicted molar refractivity (Wildman–Crippen MR) is 95.1 cm³/mol. The van der Waals surface area contributed by atoms with E-state index >= 15 is 0 Å². The highest BCUT2D eigenvalue weighted by Gasteiger charge is 2.25. The van der Waals surface area contributed by atoms with Gasteiger partial charge < -0.3 is 5.32 Å². The first-order valence-electron chi connectivity index (χ1n) is 9.24. The first kappa shape index (κ1) is 16.3. The van der Waals surface area contributed by atoms with E-state index in [-0.39, 0.29) is 11.9 Å². The summed E-state index contributed by atoms with van der Waals surface area (Å²) in [5.41, 5.74) is 1.81. The van der Waals surface area contributed by atoms with Crippen molar-refractivity contribution in [2.24, 2.45) is 5.92 Å². The van der Waals surface area contributed by atoms with Gasteiger partial charge in [0.15, 0.2) is 0 Å². The van der Waals surface area contributed by atoms with E-state index in [1.54, 1.807) is 12.4 Å². The van der Waals surface area contributed by atoms with Crippen LogP contribution in [0, 0.1) is 5.92 Å². The molecule has 25 heavy (non-hydrogen) atoms. The Bertz CT molecular complexity index is 704. The normalized spacial score (nSPS) is 19.0. The molecule has 1 saturated heterocycles. The Hall–Kier alpha value is -2.21. The highest BCUT2D eigenvalue weighted by Crippen LogP contribution is 2.30. The zero-order valence-electron chi connectivity index (χ0n) is 14.5. The first-order valence-corrected chi connectivity index (χ1v) is 9.24. The summed E-state index contributed by atoms with van der Waals surface area (Å²) in [5.74, 6) is 0.705. The number of hydrogen-bond acceptors (Lipinski definition) is 4. The maximum Gasteiger partial charge on any atom is 0.254 e. The molecule has 0 radical (unpaired) electrons. The molecule has 2 aromatic rings. The van der Waals surface area contributed by atoms with Gasteiger partial charge >= 0.3 is 0 Å². The van der Waals surface area contributed by atoms with Gasteiger partial charge in [-0.2, -0.15) is 5.10 Å². The fourth-order valence-electron chi connectivity index (χ4n) is 3.52. The van der Waals surface area contributed by atoms with Crippen molar-refractivity contribution >= 4 is 5.91 Å². The molecule has 6 heteroatoms. The topological polar surface area (TPSA) is 63.1 Å². The van der Waals surface area contributed by atoms with Gasteiger partial charge in [-0.15, -0.1) is 0 Å². The zero-order chi connectivity index (χ0) is 17.1. The second-order valence-corrected chi connectivity index (χ2v) is 7.15. The lowest BCUT2D eigenvalue weighted by molar-refractivity contribution is 0.0937. The number of rotatable bonds is 7. The van der Waals surface area contributed by atoms with Crippen LogP contribution in [0.4, 0.5) is 0 Å². The lowest BCUT2D eigenvalue weighted by atomic mass is 10.1. The number of aromatic nitrogens is 3. The molecule has 3 heterocycles. The van der Waals surface area contributed by atoms with Gasteiger partial charge in [-0.25, -0.2) is 0 Å². The summed E-state index contributed by atoms with van der Waals surface area (Å²) in [4.78, 5) is 19.2. The summed E-state index contributed by atoms with van der Waals surface area (Å²) in [6.07, 6.45) is 12.2. The molecular formula is C19H25N5O. The van der Waals surface area contributed by atoms with E-state index in [4.69, 9.17) is 0 Å². The molecule has 0 bridgehead atoms. The fraction of sp³-hybridized carbons (Fsp3) is 0.526. The van der Waals surface area contributed by atoms with Gasteiger partial charge in [-0.3, -0.25) is 19.4 Å². The van der Waals surface area contributed by atoms with Gasteiger partial charge in [-0.05, 0) is 56.3 Å². The van der Waals surface area contributed by atoms with Crippen molar-refractivity contribution in [3.05, 3.63) is 48.0 Å². The Morgan fingerprint density at radius 2 is 2.12 bits per heavy atom. The molecule has 6 nitrogen and oxygen atoms in total. The first-order chi connectivity index (χ1) is 12.3. The quantitative estimate of drug-likeness (QED) is 0.840. The summed E-state index contributed by atoms with van der Waals surface area (Å²) in [6.45, 7) is 3.68. The number of likely N-dealkylation sites (tertiary alicyclic amines) is 1. The van der Waals surface area contributed by atoms with Crippen LogP contribution in [0.2, 0.25) is 0 Å². The number of carbonyl (C=O) groups excluding carboxylic acids is 1. The highest BCUT2D eigenvalue weighted by atomic mass is 16.1. The second kappa shape index (κ2) is 7.35. The summed E-state index contributed by atoms with van der Waals surface area (Å²) < 4.78 is 1.89. The predicted octanol–water partition coefficient (Wildman–Crippen LogP) is 2.25.